The second kappa shape index (κ2) is 9.61. The van der Waals surface area contributed by atoms with E-state index in [2.05, 4.69) is 10.0 Å². The van der Waals surface area contributed by atoms with Crippen molar-refractivity contribution in [3.05, 3.63) is 89.7 Å². The molecule has 0 saturated heterocycles. The van der Waals surface area contributed by atoms with Gasteiger partial charge < -0.3 is 10.1 Å². The van der Waals surface area contributed by atoms with E-state index in [1.165, 1.54) is 36.4 Å². The third-order valence-corrected chi connectivity index (χ3v) is 5.96. The lowest BCUT2D eigenvalue weighted by Crippen LogP contribution is -2.26. The number of carbonyl (C=O) groups excluding carboxylic acids is 1. The van der Waals surface area contributed by atoms with E-state index in [1.807, 2.05) is 6.92 Å². The number of benzene rings is 3. The Morgan fingerprint density at radius 2 is 1.58 bits per heavy atom. The molecule has 3 aromatic carbocycles. The summed E-state index contributed by atoms with van der Waals surface area (Å²) in [6.45, 7) is 4.17. The van der Waals surface area contributed by atoms with E-state index in [0.717, 1.165) is 5.56 Å². The van der Waals surface area contributed by atoms with E-state index in [4.69, 9.17) is 4.74 Å². The molecule has 0 spiro atoms. The molecule has 162 valence electrons. The van der Waals surface area contributed by atoms with Gasteiger partial charge in [-0.05, 0) is 80.1 Å². The predicted octanol–water partition coefficient (Wildman–Crippen LogP) is 4.52. The Labute approximate surface area is 181 Å². The maximum Gasteiger partial charge on any atom is 0.261 e. The van der Waals surface area contributed by atoms with Crippen LogP contribution in [0.5, 0.6) is 5.75 Å². The van der Waals surface area contributed by atoms with Crippen molar-refractivity contribution >= 4 is 21.6 Å². The molecule has 8 heteroatoms. The molecule has 1 atom stereocenters. The van der Waals surface area contributed by atoms with Gasteiger partial charge in [0.25, 0.3) is 15.9 Å². The van der Waals surface area contributed by atoms with Crippen LogP contribution in [0.1, 0.15) is 35.8 Å². The maximum absolute atomic E-state index is 13.1. The van der Waals surface area contributed by atoms with Gasteiger partial charge in [0.05, 0.1) is 17.5 Å². The lowest BCUT2D eigenvalue weighted by atomic mass is 10.1. The van der Waals surface area contributed by atoms with Crippen LogP contribution < -0.4 is 14.8 Å². The number of rotatable bonds is 8. The summed E-state index contributed by atoms with van der Waals surface area (Å²) in [5.41, 5.74) is 1.47. The molecule has 0 bridgehead atoms. The molecule has 0 aliphatic rings. The summed E-state index contributed by atoms with van der Waals surface area (Å²) < 4.78 is 46.1. The fraction of sp³-hybridized carbons (Fsp3) is 0.174. The number of carbonyl (C=O) groups is 1. The van der Waals surface area contributed by atoms with Gasteiger partial charge in [-0.25, -0.2) is 12.8 Å². The topological polar surface area (TPSA) is 84.5 Å². The second-order valence-electron chi connectivity index (χ2n) is 6.83. The number of nitrogens with one attached hydrogen (secondary N) is 2. The zero-order valence-electron chi connectivity index (χ0n) is 17.1. The van der Waals surface area contributed by atoms with Crippen LogP contribution in [-0.4, -0.2) is 20.9 Å². The van der Waals surface area contributed by atoms with Crippen LogP contribution >= 0.6 is 0 Å². The van der Waals surface area contributed by atoms with Gasteiger partial charge >= 0.3 is 0 Å². The van der Waals surface area contributed by atoms with Crippen LogP contribution in [0, 0.1) is 5.82 Å². The molecule has 3 rings (SSSR count). The van der Waals surface area contributed by atoms with Crippen molar-refractivity contribution in [3.8, 4) is 5.75 Å². The first kappa shape index (κ1) is 22.3. The molecule has 0 radical (unpaired) electrons. The molecule has 0 aromatic heterocycles. The quantitative estimate of drug-likeness (QED) is 0.537. The lowest BCUT2D eigenvalue weighted by molar-refractivity contribution is 0.0940. The third kappa shape index (κ3) is 5.82. The van der Waals surface area contributed by atoms with Gasteiger partial charge in [-0.3, -0.25) is 9.52 Å². The number of amides is 1. The van der Waals surface area contributed by atoms with Gasteiger partial charge in [0.2, 0.25) is 0 Å². The van der Waals surface area contributed by atoms with Crippen LogP contribution in [0.4, 0.5) is 10.1 Å². The highest BCUT2D eigenvalue weighted by Crippen LogP contribution is 2.20. The normalized spacial score (nSPS) is 12.1. The van der Waals surface area contributed by atoms with Crippen molar-refractivity contribution in [1.82, 2.24) is 5.32 Å². The van der Waals surface area contributed by atoms with Crippen molar-refractivity contribution < 1.29 is 22.3 Å². The van der Waals surface area contributed by atoms with Crippen LogP contribution in [0.15, 0.2) is 77.7 Å². The van der Waals surface area contributed by atoms with Crippen LogP contribution in [0.2, 0.25) is 0 Å². The summed E-state index contributed by atoms with van der Waals surface area (Å²) in [6.07, 6.45) is 0. The number of sulfonamides is 1. The number of hydrogen-bond donors (Lipinski definition) is 2. The van der Waals surface area contributed by atoms with Gasteiger partial charge in [-0.1, -0.05) is 12.1 Å². The molecule has 6 nitrogen and oxygen atoms in total. The minimum atomic E-state index is -3.81. The second-order valence-corrected chi connectivity index (χ2v) is 8.52. The fourth-order valence-corrected chi connectivity index (χ4v) is 3.96. The monoisotopic (exact) mass is 442 g/mol. The summed E-state index contributed by atoms with van der Waals surface area (Å²) in [7, 11) is -3.81. The van der Waals surface area contributed by atoms with Crippen molar-refractivity contribution in [1.29, 1.82) is 0 Å². The molecule has 1 amide bonds. The van der Waals surface area contributed by atoms with E-state index in [0.29, 0.717) is 23.6 Å². The minimum Gasteiger partial charge on any atom is -0.494 e. The van der Waals surface area contributed by atoms with E-state index in [1.54, 1.807) is 43.3 Å². The maximum atomic E-state index is 13.1. The average molecular weight is 443 g/mol. The molecule has 1 unspecified atom stereocenters. The molecule has 0 aliphatic heterocycles. The Bertz CT molecular complexity index is 1130. The van der Waals surface area contributed by atoms with Gasteiger partial charge in [-0.15, -0.1) is 0 Å². The molecule has 3 aromatic rings. The largest absolute Gasteiger partial charge is 0.494 e. The molecule has 0 aliphatic carbocycles. The van der Waals surface area contributed by atoms with E-state index in [-0.39, 0.29) is 22.7 Å². The zero-order valence-corrected chi connectivity index (χ0v) is 17.9. The average Bonchev–Trinajstić information content (AvgIpc) is 2.75. The highest BCUT2D eigenvalue weighted by Gasteiger charge is 2.16. The Morgan fingerprint density at radius 3 is 2.16 bits per heavy atom. The molecule has 31 heavy (non-hydrogen) atoms. The Morgan fingerprint density at radius 1 is 0.968 bits per heavy atom. The zero-order chi connectivity index (χ0) is 22.4. The van der Waals surface area contributed by atoms with Gasteiger partial charge in [0.1, 0.15) is 11.6 Å². The van der Waals surface area contributed by atoms with Gasteiger partial charge in [-0.2, -0.15) is 0 Å². The highest BCUT2D eigenvalue weighted by atomic mass is 32.2. The summed E-state index contributed by atoms with van der Waals surface area (Å²) >= 11 is 0. The Kier molecular flexibility index (Phi) is 6.91. The van der Waals surface area contributed by atoms with E-state index in [9.17, 15) is 17.6 Å². The number of hydrogen-bond acceptors (Lipinski definition) is 4. The molecule has 0 fully saturated rings. The summed E-state index contributed by atoms with van der Waals surface area (Å²) in [4.78, 5) is 12.5. The SMILES string of the molecule is CCOc1ccc(NS(=O)(=O)c2ccc(C(=O)NC(C)c3ccc(F)cc3)cc2)cc1. The molecular weight excluding hydrogens is 419 g/mol. The molecule has 0 saturated carbocycles. The summed E-state index contributed by atoms with van der Waals surface area (Å²) in [6, 6.07) is 17.7. The number of anilines is 1. The van der Waals surface area contributed by atoms with E-state index < -0.39 is 10.0 Å². The molecular formula is C23H23FN2O4S. The fourth-order valence-electron chi connectivity index (χ4n) is 2.90. The number of halogens is 1. The lowest BCUT2D eigenvalue weighted by Gasteiger charge is -2.15. The smallest absolute Gasteiger partial charge is 0.261 e. The highest BCUT2D eigenvalue weighted by molar-refractivity contribution is 7.92. The standard InChI is InChI=1S/C23H23FN2O4S/c1-3-30-21-12-10-20(11-13-21)26-31(28,29)22-14-6-18(7-15-22)23(27)25-16(2)17-4-8-19(24)9-5-17/h4-16,26H,3H2,1-2H3,(H,25,27). The molecule has 2 N–H and O–H groups in total. The first-order valence-corrected chi connectivity index (χ1v) is 11.2. The van der Waals surface area contributed by atoms with Crippen molar-refractivity contribution in [2.75, 3.05) is 11.3 Å². The van der Waals surface area contributed by atoms with Crippen LogP contribution in [0.25, 0.3) is 0 Å². The first-order valence-electron chi connectivity index (χ1n) is 9.70. The molecule has 0 heterocycles. The minimum absolute atomic E-state index is 0.0320. The van der Waals surface area contributed by atoms with Crippen molar-refractivity contribution in [3.63, 3.8) is 0 Å². The predicted molar refractivity (Wildman–Crippen MR) is 117 cm³/mol. The van der Waals surface area contributed by atoms with Gasteiger partial charge in [0.15, 0.2) is 0 Å². The number of ether oxygens (including phenoxy) is 1. The van der Waals surface area contributed by atoms with Gasteiger partial charge in [0, 0.05) is 11.3 Å². The Hall–Kier alpha value is -3.39. The Balaban J connectivity index is 1.66. The van der Waals surface area contributed by atoms with Crippen LogP contribution in [-0.2, 0) is 10.0 Å². The summed E-state index contributed by atoms with van der Waals surface area (Å²) in [5, 5.41) is 2.81. The van der Waals surface area contributed by atoms with E-state index >= 15 is 0 Å². The summed E-state index contributed by atoms with van der Waals surface area (Å²) in [5.74, 6) is -0.0613. The van der Waals surface area contributed by atoms with Crippen LogP contribution in [0.3, 0.4) is 0 Å². The first-order chi connectivity index (χ1) is 14.8. The van der Waals surface area contributed by atoms with Crippen molar-refractivity contribution in [2.45, 2.75) is 24.8 Å². The van der Waals surface area contributed by atoms with Crippen molar-refractivity contribution in [2.24, 2.45) is 0 Å². The third-order valence-electron chi connectivity index (χ3n) is 4.56.